The van der Waals surface area contributed by atoms with E-state index in [0.717, 1.165) is 0 Å². The Balaban J connectivity index is 2.70. The third kappa shape index (κ3) is 9.56. The van der Waals surface area contributed by atoms with Crippen LogP contribution in [0.25, 0.3) is 0 Å². The number of benzene rings is 1. The summed E-state index contributed by atoms with van der Waals surface area (Å²) in [5.41, 5.74) is 6.39. The summed E-state index contributed by atoms with van der Waals surface area (Å²) in [5.74, 6) is -2.73. The summed E-state index contributed by atoms with van der Waals surface area (Å²) < 4.78 is 0. The molecule has 0 heterocycles. The number of nitrogens with two attached hydrogens (primary N) is 1. The van der Waals surface area contributed by atoms with E-state index in [4.69, 9.17) is 10.8 Å². The van der Waals surface area contributed by atoms with Crippen molar-refractivity contribution in [2.24, 2.45) is 11.7 Å². The Morgan fingerprint density at radius 2 is 1.59 bits per heavy atom. The van der Waals surface area contributed by atoms with Crippen molar-refractivity contribution >= 4 is 23.7 Å². The molecule has 10 heteroatoms. The van der Waals surface area contributed by atoms with Crippen molar-refractivity contribution in [1.29, 1.82) is 0 Å². The molecule has 7 N–H and O–H groups in total. The van der Waals surface area contributed by atoms with Crippen molar-refractivity contribution in [2.75, 3.05) is 13.1 Å². The minimum atomic E-state index is -1.22. The number of nitrogens with one attached hydrogen (secondary N) is 3. The number of hydrogen-bond acceptors (Lipinski definition) is 6. The second-order valence-electron chi connectivity index (χ2n) is 7.06. The first kappa shape index (κ1) is 23.9. The van der Waals surface area contributed by atoms with Crippen LogP contribution in [0, 0.1) is 5.92 Å². The van der Waals surface area contributed by atoms with Crippen molar-refractivity contribution in [2.45, 2.75) is 38.8 Å². The van der Waals surface area contributed by atoms with Crippen LogP contribution in [0.15, 0.2) is 24.3 Å². The first-order valence-corrected chi connectivity index (χ1v) is 9.18. The average molecular weight is 408 g/mol. The Hall–Kier alpha value is -3.14. The lowest BCUT2D eigenvalue weighted by Crippen LogP contribution is -2.52. The number of carbonyl (C=O) groups is 4. The molecule has 0 fully saturated rings. The van der Waals surface area contributed by atoms with Gasteiger partial charge in [0.25, 0.3) is 0 Å². The zero-order chi connectivity index (χ0) is 22.0. The maximum atomic E-state index is 12.3. The third-order valence-electron chi connectivity index (χ3n) is 3.93. The van der Waals surface area contributed by atoms with Crippen molar-refractivity contribution in [3.05, 3.63) is 29.8 Å². The molecular formula is C19H28N4O6. The molecule has 0 saturated heterocycles. The molecule has 0 bridgehead atoms. The van der Waals surface area contributed by atoms with Gasteiger partial charge >= 0.3 is 5.97 Å². The lowest BCUT2D eigenvalue weighted by atomic mass is 10.0. The van der Waals surface area contributed by atoms with Crippen LogP contribution in [-0.4, -0.2) is 59.1 Å². The van der Waals surface area contributed by atoms with E-state index in [1.54, 1.807) is 12.1 Å². The molecule has 1 rings (SSSR count). The molecule has 1 aromatic carbocycles. The summed E-state index contributed by atoms with van der Waals surface area (Å²) >= 11 is 0. The molecule has 0 saturated carbocycles. The van der Waals surface area contributed by atoms with Crippen molar-refractivity contribution in [3.63, 3.8) is 0 Å². The summed E-state index contributed by atoms with van der Waals surface area (Å²) in [7, 11) is 0. The van der Waals surface area contributed by atoms with Crippen LogP contribution in [0.4, 0.5) is 0 Å². The Morgan fingerprint density at radius 3 is 2.14 bits per heavy atom. The fourth-order valence-corrected chi connectivity index (χ4v) is 2.52. The molecule has 0 aliphatic heterocycles. The molecule has 0 aromatic heterocycles. The van der Waals surface area contributed by atoms with Crippen LogP contribution in [0.2, 0.25) is 0 Å². The molecule has 0 radical (unpaired) electrons. The highest BCUT2D eigenvalue weighted by Crippen LogP contribution is 2.11. The standard InChI is InChI=1S/C19H28N4O6/c1-11(2)7-14(20)18(28)21-9-16(25)23-15(19(29)22-10-17(26)27)8-12-3-5-13(24)6-4-12/h3-6,11,14-15,24H,7-10,20H2,1-2H3,(H,21,28)(H,22,29)(H,23,25)(H,26,27). The molecule has 29 heavy (non-hydrogen) atoms. The molecule has 3 amide bonds. The maximum absolute atomic E-state index is 12.3. The van der Waals surface area contributed by atoms with E-state index in [0.29, 0.717) is 12.0 Å². The second kappa shape index (κ2) is 11.6. The molecule has 2 unspecified atom stereocenters. The predicted octanol–water partition coefficient (Wildman–Crippen LogP) is -0.890. The van der Waals surface area contributed by atoms with Gasteiger partial charge in [0.1, 0.15) is 18.3 Å². The van der Waals surface area contributed by atoms with Gasteiger partial charge in [-0.2, -0.15) is 0 Å². The van der Waals surface area contributed by atoms with E-state index < -0.39 is 42.3 Å². The molecule has 10 nitrogen and oxygen atoms in total. The first-order chi connectivity index (χ1) is 13.6. The summed E-state index contributed by atoms with van der Waals surface area (Å²) in [6.07, 6.45) is 0.535. The van der Waals surface area contributed by atoms with Gasteiger partial charge in [-0.3, -0.25) is 19.2 Å². The van der Waals surface area contributed by atoms with Gasteiger partial charge in [0.2, 0.25) is 17.7 Å². The topological polar surface area (TPSA) is 171 Å². The van der Waals surface area contributed by atoms with E-state index >= 15 is 0 Å². The quantitative estimate of drug-likeness (QED) is 0.276. The first-order valence-electron chi connectivity index (χ1n) is 9.18. The highest BCUT2D eigenvalue weighted by molar-refractivity contribution is 5.92. The van der Waals surface area contributed by atoms with Crippen molar-refractivity contribution < 1.29 is 29.4 Å². The molecule has 1 aromatic rings. The number of phenolic OH excluding ortho intramolecular Hbond substituents is 1. The van der Waals surface area contributed by atoms with Crippen LogP contribution in [0.3, 0.4) is 0 Å². The van der Waals surface area contributed by atoms with E-state index in [9.17, 15) is 24.3 Å². The van der Waals surface area contributed by atoms with Crippen molar-refractivity contribution in [1.82, 2.24) is 16.0 Å². The summed E-state index contributed by atoms with van der Waals surface area (Å²) in [6, 6.07) is 4.21. The largest absolute Gasteiger partial charge is 0.508 e. The van der Waals surface area contributed by atoms with Gasteiger partial charge in [0.15, 0.2) is 0 Å². The maximum Gasteiger partial charge on any atom is 0.322 e. The minimum absolute atomic E-state index is 0.0464. The number of aromatic hydroxyl groups is 1. The SMILES string of the molecule is CC(C)CC(N)C(=O)NCC(=O)NC(Cc1ccc(O)cc1)C(=O)NCC(=O)O. The number of carboxylic acid groups (broad SMARTS) is 1. The summed E-state index contributed by atoms with van der Waals surface area (Å²) in [4.78, 5) is 47.1. The Morgan fingerprint density at radius 1 is 1.00 bits per heavy atom. The van der Waals surface area contributed by atoms with Gasteiger partial charge in [-0.25, -0.2) is 0 Å². The minimum Gasteiger partial charge on any atom is -0.508 e. The molecule has 0 aliphatic rings. The number of amides is 3. The highest BCUT2D eigenvalue weighted by atomic mass is 16.4. The van der Waals surface area contributed by atoms with Crippen LogP contribution in [0.1, 0.15) is 25.8 Å². The van der Waals surface area contributed by atoms with Crippen molar-refractivity contribution in [3.8, 4) is 5.75 Å². The van der Waals surface area contributed by atoms with E-state index in [2.05, 4.69) is 16.0 Å². The molecule has 160 valence electrons. The lowest BCUT2D eigenvalue weighted by molar-refractivity contribution is -0.138. The fourth-order valence-electron chi connectivity index (χ4n) is 2.52. The third-order valence-corrected chi connectivity index (χ3v) is 3.93. The van der Waals surface area contributed by atoms with Gasteiger partial charge in [0, 0.05) is 6.42 Å². The van der Waals surface area contributed by atoms with E-state index in [1.165, 1.54) is 12.1 Å². The molecule has 0 aliphatic carbocycles. The fraction of sp³-hybridized carbons (Fsp3) is 0.474. The van der Waals surface area contributed by atoms with Crippen LogP contribution >= 0.6 is 0 Å². The van der Waals surface area contributed by atoms with E-state index in [1.807, 2.05) is 13.8 Å². The summed E-state index contributed by atoms with van der Waals surface area (Å²) in [6.45, 7) is 2.87. The monoisotopic (exact) mass is 408 g/mol. The van der Waals surface area contributed by atoms with Gasteiger partial charge in [-0.15, -0.1) is 0 Å². The smallest absolute Gasteiger partial charge is 0.322 e. The molecule has 2 atom stereocenters. The zero-order valence-corrected chi connectivity index (χ0v) is 16.5. The van der Waals surface area contributed by atoms with Gasteiger partial charge < -0.3 is 31.9 Å². The predicted molar refractivity (Wildman–Crippen MR) is 105 cm³/mol. The zero-order valence-electron chi connectivity index (χ0n) is 16.5. The normalized spacial score (nSPS) is 12.7. The number of carboxylic acids is 1. The van der Waals surface area contributed by atoms with Crippen LogP contribution in [0.5, 0.6) is 5.75 Å². The molecule has 0 spiro atoms. The van der Waals surface area contributed by atoms with Crippen LogP contribution in [-0.2, 0) is 25.6 Å². The number of aliphatic carboxylic acids is 1. The van der Waals surface area contributed by atoms with Gasteiger partial charge in [-0.1, -0.05) is 26.0 Å². The second-order valence-corrected chi connectivity index (χ2v) is 7.06. The molecular weight excluding hydrogens is 380 g/mol. The number of phenols is 1. The Labute approximate surface area is 168 Å². The Kier molecular flexibility index (Phi) is 9.60. The lowest BCUT2D eigenvalue weighted by Gasteiger charge is -2.19. The number of hydrogen-bond donors (Lipinski definition) is 6. The summed E-state index contributed by atoms with van der Waals surface area (Å²) in [5, 5.41) is 25.2. The van der Waals surface area contributed by atoms with Gasteiger partial charge in [-0.05, 0) is 30.0 Å². The number of carbonyl (C=O) groups excluding carboxylic acids is 3. The van der Waals surface area contributed by atoms with E-state index in [-0.39, 0.29) is 24.6 Å². The number of rotatable bonds is 11. The Bertz CT molecular complexity index is 720. The highest BCUT2D eigenvalue weighted by Gasteiger charge is 2.23. The average Bonchev–Trinajstić information content (AvgIpc) is 2.64. The van der Waals surface area contributed by atoms with Gasteiger partial charge in [0.05, 0.1) is 12.6 Å². The van der Waals surface area contributed by atoms with Crippen LogP contribution < -0.4 is 21.7 Å².